The van der Waals surface area contributed by atoms with Crippen LogP contribution in [0.25, 0.3) is 5.69 Å². The topological polar surface area (TPSA) is 38.1 Å². The number of hydrogen-bond acceptors (Lipinski definition) is 2. The van der Waals surface area contributed by atoms with E-state index in [9.17, 15) is 5.11 Å². The normalized spacial score (nSPS) is 12.3. The number of aliphatic hydroxyl groups excluding tert-OH is 1. The lowest BCUT2D eigenvalue weighted by molar-refractivity contribution is 0.220. The first-order valence-electron chi connectivity index (χ1n) is 6.27. The molecule has 1 aromatic heterocycles. The summed E-state index contributed by atoms with van der Waals surface area (Å²) in [6.45, 7) is 0. The van der Waals surface area contributed by atoms with Crippen LogP contribution in [0.3, 0.4) is 0 Å². The number of halogens is 1. The highest BCUT2D eigenvalue weighted by molar-refractivity contribution is 14.1. The van der Waals surface area contributed by atoms with Gasteiger partial charge in [0.15, 0.2) is 0 Å². The fourth-order valence-corrected chi connectivity index (χ4v) is 2.64. The zero-order valence-corrected chi connectivity index (χ0v) is 12.8. The van der Waals surface area contributed by atoms with E-state index in [2.05, 4.69) is 27.7 Å². The lowest BCUT2D eigenvalue weighted by Crippen LogP contribution is -1.99. The number of nitrogens with zero attached hydrogens (tertiary/aromatic N) is 2. The Morgan fingerprint density at radius 2 is 1.80 bits per heavy atom. The maximum absolute atomic E-state index is 10.4. The van der Waals surface area contributed by atoms with Crippen LogP contribution in [0.2, 0.25) is 0 Å². The summed E-state index contributed by atoms with van der Waals surface area (Å²) in [5, 5.41) is 14.7. The van der Waals surface area contributed by atoms with Crippen LogP contribution in [-0.4, -0.2) is 14.9 Å². The molecule has 2 aromatic carbocycles. The summed E-state index contributed by atoms with van der Waals surface area (Å²) in [6, 6.07) is 17.7. The average molecular weight is 376 g/mol. The van der Waals surface area contributed by atoms with Crippen LogP contribution in [0.4, 0.5) is 0 Å². The molecule has 0 aliphatic carbocycles. The summed E-state index contributed by atoms with van der Waals surface area (Å²) < 4.78 is 2.88. The number of rotatable bonds is 3. The molecule has 0 aliphatic heterocycles. The van der Waals surface area contributed by atoms with Crippen LogP contribution >= 0.6 is 22.6 Å². The van der Waals surface area contributed by atoms with E-state index in [0.717, 1.165) is 20.4 Å². The SMILES string of the molecule is OC(c1cccc(I)c1)c1cnn(-c2ccccc2)c1. The van der Waals surface area contributed by atoms with Crippen molar-refractivity contribution in [1.29, 1.82) is 0 Å². The standard InChI is InChI=1S/C16H13IN2O/c17-14-6-4-5-12(9-14)16(20)13-10-18-19(11-13)15-7-2-1-3-8-15/h1-11,16,20H. The second-order valence-corrected chi connectivity index (χ2v) is 5.76. The third kappa shape index (κ3) is 2.76. The quantitative estimate of drug-likeness (QED) is 0.710. The highest BCUT2D eigenvalue weighted by Gasteiger charge is 2.13. The minimum atomic E-state index is -0.651. The van der Waals surface area contributed by atoms with Crippen molar-refractivity contribution in [3.05, 3.63) is 81.7 Å². The fraction of sp³-hybridized carbons (Fsp3) is 0.0625. The Balaban J connectivity index is 1.90. The van der Waals surface area contributed by atoms with Gasteiger partial charge in [-0.2, -0.15) is 5.10 Å². The van der Waals surface area contributed by atoms with Crippen LogP contribution in [0.1, 0.15) is 17.2 Å². The molecule has 1 atom stereocenters. The maximum Gasteiger partial charge on any atom is 0.107 e. The Morgan fingerprint density at radius 1 is 1.00 bits per heavy atom. The first-order chi connectivity index (χ1) is 9.74. The summed E-state index contributed by atoms with van der Waals surface area (Å²) in [7, 11) is 0. The molecular formula is C16H13IN2O. The smallest absolute Gasteiger partial charge is 0.107 e. The number of hydrogen-bond donors (Lipinski definition) is 1. The second-order valence-electron chi connectivity index (χ2n) is 4.51. The third-order valence-electron chi connectivity index (χ3n) is 3.10. The molecule has 3 nitrogen and oxygen atoms in total. The van der Waals surface area contributed by atoms with E-state index in [0.29, 0.717) is 0 Å². The van der Waals surface area contributed by atoms with Crippen molar-refractivity contribution in [2.75, 3.05) is 0 Å². The van der Waals surface area contributed by atoms with Gasteiger partial charge in [0.2, 0.25) is 0 Å². The zero-order valence-electron chi connectivity index (χ0n) is 10.6. The molecule has 1 N–H and O–H groups in total. The molecule has 0 radical (unpaired) electrons. The Kier molecular flexibility index (Phi) is 3.84. The van der Waals surface area contributed by atoms with Gasteiger partial charge in [0.1, 0.15) is 6.10 Å². The van der Waals surface area contributed by atoms with Crippen LogP contribution < -0.4 is 0 Å². The lowest BCUT2D eigenvalue weighted by atomic mass is 10.1. The molecule has 0 fully saturated rings. The van der Waals surface area contributed by atoms with Gasteiger partial charge in [0.05, 0.1) is 11.9 Å². The molecule has 0 saturated heterocycles. The van der Waals surface area contributed by atoms with Crippen LogP contribution in [-0.2, 0) is 0 Å². The summed E-state index contributed by atoms with van der Waals surface area (Å²) in [5.41, 5.74) is 2.65. The first kappa shape index (κ1) is 13.3. The molecule has 1 unspecified atom stereocenters. The largest absolute Gasteiger partial charge is 0.384 e. The lowest BCUT2D eigenvalue weighted by Gasteiger charge is -2.09. The second kappa shape index (κ2) is 5.76. The van der Waals surface area contributed by atoms with Crippen LogP contribution in [0.5, 0.6) is 0 Å². The van der Waals surface area contributed by atoms with Gasteiger partial charge in [0, 0.05) is 15.3 Å². The number of benzene rings is 2. The Bertz CT molecular complexity index is 709. The fourth-order valence-electron chi connectivity index (χ4n) is 2.07. The van der Waals surface area contributed by atoms with E-state index in [1.807, 2.05) is 60.8 Å². The Morgan fingerprint density at radius 3 is 2.55 bits per heavy atom. The van der Waals surface area contributed by atoms with Gasteiger partial charge in [-0.1, -0.05) is 30.3 Å². The van der Waals surface area contributed by atoms with Crippen molar-refractivity contribution >= 4 is 22.6 Å². The molecule has 0 spiro atoms. The predicted molar refractivity (Wildman–Crippen MR) is 86.8 cm³/mol. The minimum Gasteiger partial charge on any atom is -0.384 e. The molecule has 0 aliphatic rings. The van der Waals surface area contributed by atoms with Gasteiger partial charge < -0.3 is 5.11 Å². The van der Waals surface area contributed by atoms with E-state index < -0.39 is 6.10 Å². The molecule has 20 heavy (non-hydrogen) atoms. The van der Waals surface area contributed by atoms with E-state index in [1.165, 1.54) is 0 Å². The molecule has 0 amide bonds. The van der Waals surface area contributed by atoms with E-state index in [-0.39, 0.29) is 0 Å². The molecule has 0 saturated carbocycles. The molecule has 1 heterocycles. The zero-order chi connectivity index (χ0) is 13.9. The van der Waals surface area contributed by atoms with Gasteiger partial charge in [-0.3, -0.25) is 0 Å². The molecular weight excluding hydrogens is 363 g/mol. The number of aromatic nitrogens is 2. The Labute approximate surface area is 131 Å². The van der Waals surface area contributed by atoms with E-state index in [4.69, 9.17) is 0 Å². The maximum atomic E-state index is 10.4. The van der Waals surface area contributed by atoms with E-state index >= 15 is 0 Å². The minimum absolute atomic E-state index is 0.651. The summed E-state index contributed by atoms with van der Waals surface area (Å²) in [4.78, 5) is 0. The average Bonchev–Trinajstić information content (AvgIpc) is 2.97. The van der Waals surface area contributed by atoms with Gasteiger partial charge in [0.25, 0.3) is 0 Å². The highest BCUT2D eigenvalue weighted by atomic mass is 127. The molecule has 0 bridgehead atoms. The summed E-state index contributed by atoms with van der Waals surface area (Å²) in [6.07, 6.45) is 2.92. The number of para-hydroxylation sites is 1. The highest BCUT2D eigenvalue weighted by Crippen LogP contribution is 2.23. The van der Waals surface area contributed by atoms with Crippen molar-refractivity contribution in [3.63, 3.8) is 0 Å². The van der Waals surface area contributed by atoms with Crippen molar-refractivity contribution < 1.29 is 5.11 Å². The van der Waals surface area contributed by atoms with Crippen molar-refractivity contribution in [2.24, 2.45) is 0 Å². The van der Waals surface area contributed by atoms with Gasteiger partial charge >= 0.3 is 0 Å². The van der Waals surface area contributed by atoms with Gasteiger partial charge in [-0.25, -0.2) is 4.68 Å². The number of aliphatic hydroxyl groups is 1. The third-order valence-corrected chi connectivity index (χ3v) is 3.77. The predicted octanol–water partition coefficient (Wildman–Crippen LogP) is 3.56. The van der Waals surface area contributed by atoms with Gasteiger partial charge in [-0.05, 0) is 52.4 Å². The summed E-state index contributed by atoms with van der Waals surface area (Å²) in [5.74, 6) is 0. The molecule has 3 rings (SSSR count). The monoisotopic (exact) mass is 376 g/mol. The van der Waals surface area contributed by atoms with Crippen molar-refractivity contribution in [1.82, 2.24) is 9.78 Å². The van der Waals surface area contributed by atoms with Crippen LogP contribution in [0, 0.1) is 3.57 Å². The van der Waals surface area contributed by atoms with E-state index in [1.54, 1.807) is 10.9 Å². The van der Waals surface area contributed by atoms with Crippen molar-refractivity contribution in [3.8, 4) is 5.69 Å². The Hall–Kier alpha value is -1.66. The van der Waals surface area contributed by atoms with Crippen molar-refractivity contribution in [2.45, 2.75) is 6.10 Å². The molecule has 4 heteroatoms. The molecule has 100 valence electrons. The summed E-state index contributed by atoms with van der Waals surface area (Å²) >= 11 is 2.24. The van der Waals surface area contributed by atoms with Gasteiger partial charge in [-0.15, -0.1) is 0 Å². The molecule has 3 aromatic rings. The van der Waals surface area contributed by atoms with Crippen LogP contribution in [0.15, 0.2) is 67.0 Å². The first-order valence-corrected chi connectivity index (χ1v) is 7.35.